The minimum Gasteiger partial charge on any atom is -0.330 e. The third kappa shape index (κ3) is 7.81. The zero-order valence-corrected chi connectivity index (χ0v) is 24.4. The van der Waals surface area contributed by atoms with Crippen LogP contribution in [0.4, 0.5) is 45.5 Å². The number of aromatic nitrogens is 4. The fourth-order valence-corrected chi connectivity index (χ4v) is 5.60. The number of benzene rings is 2. The quantitative estimate of drug-likeness (QED) is 0.248. The van der Waals surface area contributed by atoms with Gasteiger partial charge >= 0.3 is 18.5 Å². The van der Waals surface area contributed by atoms with E-state index >= 15 is 0 Å². The highest BCUT2D eigenvalue weighted by molar-refractivity contribution is 5.42. The zero-order valence-electron chi connectivity index (χ0n) is 24.4. The summed E-state index contributed by atoms with van der Waals surface area (Å²) >= 11 is 0. The summed E-state index contributed by atoms with van der Waals surface area (Å²) in [4.78, 5) is 6.50. The number of aryl methyl sites for hydroxylation is 1. The van der Waals surface area contributed by atoms with Crippen molar-refractivity contribution < 1.29 is 39.5 Å². The second kappa shape index (κ2) is 12.5. The number of anilines is 1. The van der Waals surface area contributed by atoms with Crippen LogP contribution < -0.4 is 4.90 Å². The van der Waals surface area contributed by atoms with Gasteiger partial charge in [0.15, 0.2) is 0 Å². The van der Waals surface area contributed by atoms with Gasteiger partial charge in [-0.2, -0.15) is 44.3 Å². The van der Waals surface area contributed by atoms with Gasteiger partial charge in [-0.15, -0.1) is 5.10 Å². The molecule has 0 spiro atoms. The van der Waals surface area contributed by atoms with Crippen LogP contribution in [0.25, 0.3) is 0 Å². The fraction of sp³-hybridized carbons (Fsp3) is 0.536. The predicted molar refractivity (Wildman–Crippen MR) is 143 cm³/mol. The molecule has 2 atom stereocenters. The van der Waals surface area contributed by atoms with E-state index in [0.717, 1.165) is 36.4 Å². The molecular weight excluding hydrogens is 605 g/mol. The topological polar surface area (TPSA) is 53.3 Å². The minimum absolute atomic E-state index is 0.0153. The summed E-state index contributed by atoms with van der Waals surface area (Å²) in [5.74, 6) is -0.180. The van der Waals surface area contributed by atoms with Crippen molar-refractivity contribution in [3.05, 3.63) is 69.8 Å². The van der Waals surface area contributed by atoms with Crippen LogP contribution >= 0.6 is 0 Å². The Morgan fingerprint density at radius 3 is 1.95 bits per heavy atom. The van der Waals surface area contributed by atoms with Gasteiger partial charge in [0.2, 0.25) is 0 Å². The summed E-state index contributed by atoms with van der Waals surface area (Å²) < 4.78 is 123. The zero-order chi connectivity index (χ0) is 32.6. The van der Waals surface area contributed by atoms with Crippen LogP contribution in [0, 0.1) is 0 Å². The lowest BCUT2D eigenvalue weighted by Crippen LogP contribution is -2.37. The molecule has 0 radical (unpaired) electrons. The molecule has 1 aromatic heterocycles. The van der Waals surface area contributed by atoms with Gasteiger partial charge in [0.05, 0.1) is 23.7 Å². The number of hydrogen-bond acceptors (Lipinski definition) is 6. The van der Waals surface area contributed by atoms with E-state index in [2.05, 4.69) is 25.2 Å². The van der Waals surface area contributed by atoms with Crippen LogP contribution in [0.2, 0.25) is 0 Å². The number of halogens is 9. The predicted octanol–water partition coefficient (Wildman–Crippen LogP) is 6.56. The summed E-state index contributed by atoms with van der Waals surface area (Å²) in [6.45, 7) is 2.58. The van der Waals surface area contributed by atoms with E-state index in [4.69, 9.17) is 0 Å². The number of likely N-dealkylation sites (tertiary alicyclic amines) is 1. The third-order valence-electron chi connectivity index (χ3n) is 7.81. The highest BCUT2D eigenvalue weighted by atomic mass is 19.4. The fourth-order valence-electron chi connectivity index (χ4n) is 5.60. The molecule has 1 fully saturated rings. The van der Waals surface area contributed by atoms with Crippen molar-refractivity contribution in [3.63, 3.8) is 0 Å². The van der Waals surface area contributed by atoms with Crippen LogP contribution in [0.3, 0.4) is 0 Å². The minimum atomic E-state index is -5.08. The van der Waals surface area contributed by atoms with E-state index in [0.29, 0.717) is 24.1 Å². The summed E-state index contributed by atoms with van der Waals surface area (Å²) in [5.41, 5.74) is -3.62. The number of tetrazole rings is 1. The molecule has 7 nitrogen and oxygen atoms in total. The van der Waals surface area contributed by atoms with Crippen LogP contribution in [0.1, 0.15) is 59.2 Å². The molecule has 0 aliphatic carbocycles. The van der Waals surface area contributed by atoms with Crippen molar-refractivity contribution >= 4 is 5.95 Å². The highest BCUT2D eigenvalue weighted by Gasteiger charge is 2.38. The molecule has 2 unspecified atom stereocenters. The molecule has 2 aromatic carbocycles. The largest absolute Gasteiger partial charge is 0.416 e. The Labute approximate surface area is 248 Å². The second-order valence-electron chi connectivity index (χ2n) is 11.1. The van der Waals surface area contributed by atoms with Crippen LogP contribution in [-0.4, -0.2) is 63.2 Å². The average Bonchev–Trinajstić information content (AvgIpc) is 3.55. The lowest BCUT2D eigenvalue weighted by atomic mass is 9.93. The summed E-state index contributed by atoms with van der Waals surface area (Å²) in [5, 5.41) is 11.6. The Balaban J connectivity index is 1.81. The lowest BCUT2D eigenvalue weighted by molar-refractivity contribution is -0.143. The molecule has 1 saturated heterocycles. The van der Waals surface area contributed by atoms with Crippen molar-refractivity contribution in [2.75, 3.05) is 32.1 Å². The van der Waals surface area contributed by atoms with Gasteiger partial charge in [0.25, 0.3) is 5.95 Å². The molecule has 242 valence electrons. The number of rotatable bonds is 9. The Morgan fingerprint density at radius 2 is 1.48 bits per heavy atom. The summed E-state index contributed by atoms with van der Waals surface area (Å²) in [6, 6.07) is 4.29. The van der Waals surface area contributed by atoms with E-state index in [1.165, 1.54) is 18.0 Å². The Morgan fingerprint density at radius 1 is 0.864 bits per heavy atom. The number of nitrogens with zero attached hydrogens (tertiary/aromatic N) is 7. The summed E-state index contributed by atoms with van der Waals surface area (Å²) in [6.07, 6.45) is -13.5. The van der Waals surface area contributed by atoms with Crippen molar-refractivity contribution in [2.45, 2.75) is 63.5 Å². The Kier molecular flexibility index (Phi) is 9.54. The number of likely N-dealkylation sites (N-methyl/N-ethyl adjacent to an activating group) is 2. The Hall–Kier alpha value is -3.40. The molecule has 0 bridgehead atoms. The first kappa shape index (κ1) is 33.5. The van der Waals surface area contributed by atoms with Crippen molar-refractivity contribution in [1.29, 1.82) is 0 Å². The van der Waals surface area contributed by atoms with Gasteiger partial charge in [-0.1, -0.05) is 18.1 Å². The van der Waals surface area contributed by atoms with Crippen molar-refractivity contribution in [2.24, 2.45) is 7.05 Å². The van der Waals surface area contributed by atoms with Gasteiger partial charge < -0.3 is 9.80 Å². The Bertz CT molecular complexity index is 1400. The number of alkyl halides is 9. The van der Waals surface area contributed by atoms with Gasteiger partial charge in [-0.25, -0.2) is 0 Å². The molecule has 3 aromatic rings. The molecular formula is C28H32F9N7. The van der Waals surface area contributed by atoms with E-state index in [1.54, 1.807) is 0 Å². The highest BCUT2D eigenvalue weighted by Crippen LogP contribution is 2.38. The average molecular weight is 638 g/mol. The van der Waals surface area contributed by atoms with Crippen LogP contribution in [0.15, 0.2) is 36.4 Å². The molecule has 44 heavy (non-hydrogen) atoms. The maximum absolute atomic E-state index is 13.9. The van der Waals surface area contributed by atoms with E-state index in [1.807, 2.05) is 21.0 Å². The normalized spacial score (nSPS) is 17.5. The van der Waals surface area contributed by atoms with E-state index in [9.17, 15) is 39.5 Å². The lowest BCUT2D eigenvalue weighted by Gasteiger charge is -2.35. The maximum atomic E-state index is 13.9. The molecule has 0 amide bonds. The molecule has 0 saturated carbocycles. The van der Waals surface area contributed by atoms with Gasteiger partial charge in [-0.3, -0.25) is 4.90 Å². The van der Waals surface area contributed by atoms with Crippen molar-refractivity contribution in [3.8, 4) is 0 Å². The van der Waals surface area contributed by atoms with Crippen molar-refractivity contribution in [1.82, 2.24) is 30.0 Å². The van der Waals surface area contributed by atoms with E-state index < -0.39 is 41.8 Å². The molecule has 16 heteroatoms. The first-order valence-corrected chi connectivity index (χ1v) is 13.7. The molecule has 0 N–H and O–H groups in total. The monoisotopic (exact) mass is 637 g/mol. The van der Waals surface area contributed by atoms with Gasteiger partial charge in [0.1, 0.15) is 0 Å². The first-order chi connectivity index (χ1) is 20.4. The first-order valence-electron chi connectivity index (χ1n) is 13.7. The van der Waals surface area contributed by atoms with E-state index in [-0.39, 0.29) is 41.8 Å². The van der Waals surface area contributed by atoms with Crippen LogP contribution in [-0.2, 0) is 38.7 Å². The van der Waals surface area contributed by atoms with Gasteiger partial charge in [-0.05, 0) is 85.7 Å². The maximum Gasteiger partial charge on any atom is 0.416 e. The van der Waals surface area contributed by atoms with Gasteiger partial charge in [0, 0.05) is 31.7 Å². The third-order valence-corrected chi connectivity index (χ3v) is 7.81. The molecule has 2 heterocycles. The molecule has 1 aliphatic rings. The molecule has 1 aliphatic heterocycles. The second-order valence-corrected chi connectivity index (χ2v) is 11.1. The SMILES string of the molecule is CCC(c1ccc(C(F)(F)F)cc1CN(Cc1cc(C(F)(F)F)cc(C(F)(F)F)c1)c1nnn(C)n1)N(C)C1CCN(C)C1. The standard InChI is InChI=1S/C28H32F9N7/c1-5-24(42(3)22-8-9-41(2)16-22)23-7-6-19(26(29,30)31)12-18(23)15-44(25-38-40-43(4)39-25)14-17-10-20(27(32,33)34)13-21(11-17)28(35,36)37/h6-7,10-13,22,24H,5,8-9,14-16H2,1-4H3. The molecule has 4 rings (SSSR count). The summed E-state index contributed by atoms with van der Waals surface area (Å²) in [7, 11) is 5.27. The van der Waals surface area contributed by atoms with Crippen LogP contribution in [0.5, 0.6) is 0 Å². The number of hydrogen-bond donors (Lipinski definition) is 0. The smallest absolute Gasteiger partial charge is 0.330 e.